The number of hydrogen-bond donors (Lipinski definition) is 1. The van der Waals surface area contributed by atoms with E-state index in [1.165, 1.54) is 11.1 Å². The fraction of sp³-hybridized carbons (Fsp3) is 0.375. The van der Waals surface area contributed by atoms with Crippen molar-refractivity contribution in [2.45, 2.75) is 39.7 Å². The molecule has 0 radical (unpaired) electrons. The van der Waals surface area contributed by atoms with Crippen molar-refractivity contribution in [3.8, 4) is 11.3 Å². The number of benzene rings is 1. The summed E-state index contributed by atoms with van der Waals surface area (Å²) < 4.78 is 0. The second-order valence-electron chi connectivity index (χ2n) is 5.84. The molecule has 0 fully saturated rings. The van der Waals surface area contributed by atoms with Gasteiger partial charge in [-0.3, -0.25) is 0 Å². The topological polar surface area (TPSA) is 51.8 Å². The van der Waals surface area contributed by atoms with Gasteiger partial charge in [0.05, 0.1) is 5.69 Å². The molecule has 3 nitrogen and oxygen atoms in total. The molecule has 1 heterocycles. The van der Waals surface area contributed by atoms with Gasteiger partial charge in [0.25, 0.3) is 0 Å². The maximum atomic E-state index is 6.03. The quantitative estimate of drug-likeness (QED) is 0.917. The van der Waals surface area contributed by atoms with Gasteiger partial charge in [0, 0.05) is 23.7 Å². The van der Waals surface area contributed by atoms with Crippen molar-refractivity contribution in [2.24, 2.45) is 5.73 Å². The van der Waals surface area contributed by atoms with Crippen LogP contribution in [0.25, 0.3) is 11.3 Å². The average molecular weight is 255 g/mol. The van der Waals surface area contributed by atoms with Gasteiger partial charge in [-0.25, -0.2) is 9.97 Å². The summed E-state index contributed by atoms with van der Waals surface area (Å²) >= 11 is 0. The highest BCUT2D eigenvalue weighted by Gasteiger charge is 2.14. The van der Waals surface area contributed by atoms with Crippen LogP contribution < -0.4 is 5.73 Å². The van der Waals surface area contributed by atoms with Crippen molar-refractivity contribution < 1.29 is 0 Å². The average Bonchev–Trinajstić information content (AvgIpc) is 2.26. The molecule has 2 aromatic rings. The predicted molar refractivity (Wildman–Crippen MR) is 78.9 cm³/mol. The van der Waals surface area contributed by atoms with Crippen LogP contribution >= 0.6 is 0 Å². The predicted octanol–water partition coefficient (Wildman–Crippen LogP) is 3.04. The molecule has 100 valence electrons. The molecule has 0 aliphatic carbocycles. The van der Waals surface area contributed by atoms with E-state index in [1.54, 1.807) is 0 Å². The normalized spacial score (nSPS) is 11.6. The first-order valence-corrected chi connectivity index (χ1v) is 6.53. The van der Waals surface area contributed by atoms with Crippen LogP contribution in [0, 0.1) is 13.8 Å². The van der Waals surface area contributed by atoms with Gasteiger partial charge in [-0.1, -0.05) is 23.8 Å². The second kappa shape index (κ2) is 5.10. The molecular weight excluding hydrogens is 234 g/mol. The Morgan fingerprint density at radius 1 is 1.16 bits per heavy atom. The Kier molecular flexibility index (Phi) is 3.67. The van der Waals surface area contributed by atoms with Crippen molar-refractivity contribution in [3.05, 3.63) is 47.4 Å². The molecule has 0 saturated heterocycles. The second-order valence-corrected chi connectivity index (χ2v) is 5.84. The van der Waals surface area contributed by atoms with E-state index in [0.717, 1.165) is 17.1 Å². The largest absolute Gasteiger partial charge is 0.325 e. The molecule has 3 heteroatoms. The highest BCUT2D eigenvalue weighted by molar-refractivity contribution is 5.63. The molecule has 2 rings (SSSR count). The molecule has 19 heavy (non-hydrogen) atoms. The van der Waals surface area contributed by atoms with Crippen LogP contribution in [0.2, 0.25) is 0 Å². The third-order valence-corrected chi connectivity index (χ3v) is 2.98. The summed E-state index contributed by atoms with van der Waals surface area (Å²) in [6.07, 6.45) is 2.48. The molecule has 0 bridgehead atoms. The lowest BCUT2D eigenvalue weighted by atomic mass is 10.0. The molecule has 1 aromatic carbocycles. The molecule has 0 aliphatic rings. The van der Waals surface area contributed by atoms with Crippen LogP contribution in [-0.4, -0.2) is 15.5 Å². The molecule has 0 spiro atoms. The highest BCUT2D eigenvalue weighted by atomic mass is 14.9. The maximum Gasteiger partial charge on any atom is 0.130 e. The SMILES string of the molecule is Cc1ccc(-c2ccnc(CC(C)(C)N)n2)c(C)c1. The number of aromatic nitrogens is 2. The van der Waals surface area contributed by atoms with E-state index in [9.17, 15) is 0 Å². The van der Waals surface area contributed by atoms with Gasteiger partial charge in [0.1, 0.15) is 5.82 Å². The molecule has 2 N–H and O–H groups in total. The maximum absolute atomic E-state index is 6.03. The van der Waals surface area contributed by atoms with Crippen LogP contribution in [0.1, 0.15) is 30.8 Å². The molecular formula is C16H21N3. The van der Waals surface area contributed by atoms with E-state index in [1.807, 2.05) is 26.1 Å². The number of rotatable bonds is 3. The first-order chi connectivity index (χ1) is 8.85. The number of hydrogen-bond acceptors (Lipinski definition) is 3. The van der Waals surface area contributed by atoms with E-state index in [0.29, 0.717) is 6.42 Å². The van der Waals surface area contributed by atoms with Gasteiger partial charge < -0.3 is 5.73 Å². The Hall–Kier alpha value is -1.74. The van der Waals surface area contributed by atoms with Crippen LogP contribution in [0.15, 0.2) is 30.5 Å². The molecule has 1 aromatic heterocycles. The first kappa shape index (κ1) is 13.7. The van der Waals surface area contributed by atoms with Crippen molar-refractivity contribution in [1.29, 1.82) is 0 Å². The van der Waals surface area contributed by atoms with Crippen LogP contribution in [0.4, 0.5) is 0 Å². The summed E-state index contributed by atoms with van der Waals surface area (Å²) in [5, 5.41) is 0. The summed E-state index contributed by atoms with van der Waals surface area (Å²) in [5.74, 6) is 0.796. The summed E-state index contributed by atoms with van der Waals surface area (Å²) in [7, 11) is 0. The molecule has 0 aliphatic heterocycles. The lowest BCUT2D eigenvalue weighted by Gasteiger charge is -2.17. The minimum absolute atomic E-state index is 0.291. The summed E-state index contributed by atoms with van der Waals surface area (Å²) in [4.78, 5) is 8.93. The van der Waals surface area contributed by atoms with Gasteiger partial charge >= 0.3 is 0 Å². The van der Waals surface area contributed by atoms with Gasteiger partial charge in [-0.15, -0.1) is 0 Å². The molecule has 0 amide bonds. The number of nitrogens with zero attached hydrogens (tertiary/aromatic N) is 2. The third-order valence-electron chi connectivity index (χ3n) is 2.98. The van der Waals surface area contributed by atoms with Crippen molar-refractivity contribution in [2.75, 3.05) is 0 Å². The van der Waals surface area contributed by atoms with Gasteiger partial charge in [-0.2, -0.15) is 0 Å². The standard InChI is InChI=1S/C16H21N3/c1-11-5-6-13(12(2)9-11)14-7-8-18-15(19-14)10-16(3,4)17/h5-9H,10,17H2,1-4H3. The van der Waals surface area contributed by atoms with Gasteiger partial charge in [0.15, 0.2) is 0 Å². The van der Waals surface area contributed by atoms with E-state index in [4.69, 9.17) is 5.73 Å². The summed E-state index contributed by atoms with van der Waals surface area (Å²) in [5.41, 5.74) is 10.4. The zero-order valence-electron chi connectivity index (χ0n) is 12.1. The molecule has 0 atom stereocenters. The first-order valence-electron chi connectivity index (χ1n) is 6.53. The minimum atomic E-state index is -0.291. The van der Waals surface area contributed by atoms with Crippen LogP contribution in [-0.2, 0) is 6.42 Å². The lowest BCUT2D eigenvalue weighted by molar-refractivity contribution is 0.502. The van der Waals surface area contributed by atoms with Gasteiger partial charge in [0.2, 0.25) is 0 Å². The van der Waals surface area contributed by atoms with Gasteiger partial charge in [-0.05, 0) is 39.3 Å². The van der Waals surface area contributed by atoms with Crippen molar-refractivity contribution in [1.82, 2.24) is 9.97 Å². The highest BCUT2D eigenvalue weighted by Crippen LogP contribution is 2.22. The fourth-order valence-corrected chi connectivity index (χ4v) is 2.14. The lowest BCUT2D eigenvalue weighted by Crippen LogP contribution is -2.35. The summed E-state index contributed by atoms with van der Waals surface area (Å²) in [6, 6.07) is 8.34. The van der Waals surface area contributed by atoms with Crippen molar-refractivity contribution in [3.63, 3.8) is 0 Å². The smallest absolute Gasteiger partial charge is 0.130 e. The zero-order chi connectivity index (χ0) is 14.0. The van der Waals surface area contributed by atoms with E-state index in [2.05, 4.69) is 42.0 Å². The van der Waals surface area contributed by atoms with Crippen molar-refractivity contribution >= 4 is 0 Å². The molecule has 0 unspecified atom stereocenters. The Morgan fingerprint density at radius 2 is 1.89 bits per heavy atom. The van der Waals surface area contributed by atoms with Crippen LogP contribution in [0.5, 0.6) is 0 Å². The number of aryl methyl sites for hydroxylation is 2. The Bertz CT molecular complexity index is 583. The summed E-state index contributed by atoms with van der Waals surface area (Å²) in [6.45, 7) is 8.18. The Balaban J connectivity index is 2.38. The van der Waals surface area contributed by atoms with E-state index >= 15 is 0 Å². The molecule has 0 saturated carbocycles. The Morgan fingerprint density at radius 3 is 2.53 bits per heavy atom. The minimum Gasteiger partial charge on any atom is -0.325 e. The third kappa shape index (κ3) is 3.61. The van der Waals surface area contributed by atoms with E-state index < -0.39 is 0 Å². The number of nitrogens with two attached hydrogens (primary N) is 1. The zero-order valence-corrected chi connectivity index (χ0v) is 12.1. The van der Waals surface area contributed by atoms with E-state index in [-0.39, 0.29) is 5.54 Å². The fourth-order valence-electron chi connectivity index (χ4n) is 2.14. The van der Waals surface area contributed by atoms with Crippen LogP contribution in [0.3, 0.4) is 0 Å². The monoisotopic (exact) mass is 255 g/mol. The Labute approximate surface area is 114 Å².